The topological polar surface area (TPSA) is 139 Å². The fourth-order valence-electron chi connectivity index (χ4n) is 2.87. The van der Waals surface area contributed by atoms with E-state index in [1.165, 1.54) is 55.6 Å². The van der Waals surface area contributed by atoms with Crippen molar-refractivity contribution in [2.45, 2.75) is 4.90 Å². The first kappa shape index (κ1) is 22.8. The van der Waals surface area contributed by atoms with E-state index in [1.54, 1.807) is 0 Å². The molecule has 1 heterocycles. The summed E-state index contributed by atoms with van der Waals surface area (Å²) in [5.74, 6) is -2.37. The van der Waals surface area contributed by atoms with Gasteiger partial charge >= 0.3 is 5.97 Å². The third-order valence-electron chi connectivity index (χ3n) is 4.53. The maximum Gasteiger partial charge on any atom is 0.338 e. The molecule has 32 heavy (non-hydrogen) atoms. The van der Waals surface area contributed by atoms with Gasteiger partial charge in [0.25, 0.3) is 17.7 Å². The molecule has 0 atom stereocenters. The lowest BCUT2D eigenvalue weighted by molar-refractivity contribution is -0.119. The summed E-state index contributed by atoms with van der Waals surface area (Å²) in [5, 5.41) is 2.48. The number of nitrogens with zero attached hydrogens (tertiary/aromatic N) is 1. The molecule has 1 aliphatic heterocycles. The van der Waals surface area contributed by atoms with E-state index >= 15 is 0 Å². The van der Waals surface area contributed by atoms with E-state index < -0.39 is 40.3 Å². The van der Waals surface area contributed by atoms with Crippen LogP contribution in [0.1, 0.15) is 31.1 Å². The van der Waals surface area contributed by atoms with Gasteiger partial charge in [0, 0.05) is 19.3 Å². The highest BCUT2D eigenvalue weighted by atomic mass is 32.2. The summed E-state index contributed by atoms with van der Waals surface area (Å²) in [6.07, 6.45) is 1.40. The summed E-state index contributed by atoms with van der Waals surface area (Å²) >= 11 is 0. The van der Waals surface area contributed by atoms with Crippen molar-refractivity contribution in [3.63, 3.8) is 0 Å². The standard InChI is InChI=1S/C21H19N3O7S/c1-3-10-22-32(29,30)15-7-4-13(5-8-15)21(28)31-12-18(25)23-14-6-9-16-17(11-14)20(27)24(2)19(16)26/h3-9,11,22H,1,10,12H2,2H3,(H,23,25). The van der Waals surface area contributed by atoms with Crippen molar-refractivity contribution in [2.24, 2.45) is 0 Å². The van der Waals surface area contributed by atoms with Crippen LogP contribution in [0.5, 0.6) is 0 Å². The molecule has 0 bridgehead atoms. The van der Waals surface area contributed by atoms with Gasteiger partial charge in [0.2, 0.25) is 10.0 Å². The predicted molar refractivity (Wildman–Crippen MR) is 114 cm³/mol. The van der Waals surface area contributed by atoms with Gasteiger partial charge in [-0.25, -0.2) is 17.9 Å². The third-order valence-corrected chi connectivity index (χ3v) is 5.97. The van der Waals surface area contributed by atoms with E-state index in [9.17, 15) is 27.6 Å². The number of imide groups is 1. The minimum Gasteiger partial charge on any atom is -0.452 e. The number of hydrogen-bond donors (Lipinski definition) is 2. The van der Waals surface area contributed by atoms with E-state index in [4.69, 9.17) is 4.74 Å². The van der Waals surface area contributed by atoms with E-state index in [-0.39, 0.29) is 33.8 Å². The van der Waals surface area contributed by atoms with E-state index in [1.807, 2.05) is 0 Å². The van der Waals surface area contributed by atoms with Crippen LogP contribution in [0.25, 0.3) is 0 Å². The molecule has 0 saturated heterocycles. The number of hydrogen-bond acceptors (Lipinski definition) is 7. The molecule has 2 aromatic rings. The second kappa shape index (κ2) is 9.12. The van der Waals surface area contributed by atoms with Crippen molar-refractivity contribution in [3.8, 4) is 0 Å². The SMILES string of the molecule is C=CCNS(=O)(=O)c1ccc(C(=O)OCC(=O)Nc2ccc3c(c2)C(=O)N(C)C3=O)cc1. The molecular weight excluding hydrogens is 438 g/mol. The Morgan fingerprint density at radius 1 is 1.06 bits per heavy atom. The number of ether oxygens (including phenoxy) is 1. The molecule has 0 unspecified atom stereocenters. The van der Waals surface area contributed by atoms with E-state index in [0.717, 1.165) is 4.90 Å². The quantitative estimate of drug-likeness (QED) is 0.345. The van der Waals surface area contributed by atoms with Crippen molar-refractivity contribution in [1.29, 1.82) is 0 Å². The van der Waals surface area contributed by atoms with Crippen LogP contribution in [0.3, 0.4) is 0 Å². The second-order valence-corrected chi connectivity index (χ2v) is 8.49. The fourth-order valence-corrected chi connectivity index (χ4v) is 3.87. The molecule has 166 valence electrons. The third kappa shape index (κ3) is 4.74. The summed E-state index contributed by atoms with van der Waals surface area (Å²) < 4.78 is 31.3. The van der Waals surface area contributed by atoms with E-state index in [0.29, 0.717) is 0 Å². The minimum absolute atomic E-state index is 0.0380. The van der Waals surface area contributed by atoms with Crippen LogP contribution in [0.15, 0.2) is 60.0 Å². The number of amides is 3. The Morgan fingerprint density at radius 2 is 1.72 bits per heavy atom. The van der Waals surface area contributed by atoms with Crippen molar-refractivity contribution in [1.82, 2.24) is 9.62 Å². The van der Waals surface area contributed by atoms with Gasteiger partial charge < -0.3 is 10.1 Å². The Morgan fingerprint density at radius 3 is 2.38 bits per heavy atom. The second-order valence-electron chi connectivity index (χ2n) is 6.72. The lowest BCUT2D eigenvalue weighted by Gasteiger charge is -2.08. The highest BCUT2D eigenvalue weighted by Crippen LogP contribution is 2.24. The van der Waals surface area contributed by atoms with Gasteiger partial charge in [-0.2, -0.15) is 0 Å². The number of carbonyl (C=O) groups excluding carboxylic acids is 4. The molecule has 0 spiro atoms. The number of rotatable bonds is 8. The molecule has 1 aliphatic rings. The summed E-state index contributed by atoms with van der Waals surface area (Å²) in [4.78, 5) is 49.1. The van der Waals surface area contributed by atoms with Gasteiger partial charge in [-0.15, -0.1) is 6.58 Å². The normalized spacial score (nSPS) is 13.0. The molecule has 0 aromatic heterocycles. The van der Waals surface area contributed by atoms with Gasteiger partial charge in [-0.1, -0.05) is 6.08 Å². The van der Waals surface area contributed by atoms with Crippen molar-refractivity contribution < 1.29 is 32.3 Å². The van der Waals surface area contributed by atoms with Gasteiger partial charge in [0.1, 0.15) is 0 Å². The van der Waals surface area contributed by atoms with E-state index in [2.05, 4.69) is 16.6 Å². The smallest absolute Gasteiger partial charge is 0.338 e. The monoisotopic (exact) mass is 457 g/mol. The summed E-state index contributed by atoms with van der Waals surface area (Å²) in [5.41, 5.74) is 0.741. The number of carbonyl (C=O) groups is 4. The predicted octanol–water partition coefficient (Wildman–Crippen LogP) is 1.17. The number of benzene rings is 2. The summed E-state index contributed by atoms with van der Waals surface area (Å²) in [7, 11) is -2.36. The Hall–Kier alpha value is -3.83. The number of sulfonamides is 1. The average molecular weight is 457 g/mol. The lowest BCUT2D eigenvalue weighted by atomic mass is 10.1. The van der Waals surface area contributed by atoms with Gasteiger partial charge in [-0.3, -0.25) is 19.3 Å². The van der Waals surface area contributed by atoms with Crippen LogP contribution in [0.2, 0.25) is 0 Å². The zero-order chi connectivity index (χ0) is 23.5. The van der Waals surface area contributed by atoms with Crippen molar-refractivity contribution in [2.75, 3.05) is 25.5 Å². The van der Waals surface area contributed by atoms with Crippen LogP contribution >= 0.6 is 0 Å². The Kier molecular flexibility index (Phi) is 6.51. The van der Waals surface area contributed by atoms with Crippen LogP contribution in [0, 0.1) is 0 Å². The number of nitrogens with one attached hydrogen (secondary N) is 2. The highest BCUT2D eigenvalue weighted by molar-refractivity contribution is 7.89. The Bertz CT molecular complexity index is 1220. The summed E-state index contributed by atoms with van der Waals surface area (Å²) in [6.45, 7) is 2.88. The summed E-state index contributed by atoms with van der Waals surface area (Å²) in [6, 6.07) is 9.27. The van der Waals surface area contributed by atoms with Crippen LogP contribution in [-0.2, 0) is 19.6 Å². The molecule has 2 N–H and O–H groups in total. The number of fused-ring (bicyclic) bond motifs is 1. The molecule has 0 aliphatic carbocycles. The molecule has 2 aromatic carbocycles. The van der Waals surface area contributed by atoms with Gasteiger partial charge in [0.05, 0.1) is 21.6 Å². The molecular formula is C21H19N3O7S. The highest BCUT2D eigenvalue weighted by Gasteiger charge is 2.32. The molecule has 11 heteroatoms. The maximum atomic E-state index is 12.1. The molecule has 0 fully saturated rings. The Balaban J connectivity index is 1.58. The zero-order valence-corrected chi connectivity index (χ0v) is 17.8. The van der Waals surface area contributed by atoms with Crippen LogP contribution in [0.4, 0.5) is 5.69 Å². The minimum atomic E-state index is -3.73. The Labute approximate surface area is 183 Å². The van der Waals surface area contributed by atoms with Crippen molar-refractivity contribution in [3.05, 3.63) is 71.8 Å². The molecule has 0 saturated carbocycles. The first-order valence-electron chi connectivity index (χ1n) is 9.28. The van der Waals surface area contributed by atoms with Gasteiger partial charge in [0.15, 0.2) is 6.61 Å². The molecule has 10 nitrogen and oxygen atoms in total. The lowest BCUT2D eigenvalue weighted by Crippen LogP contribution is -2.24. The zero-order valence-electron chi connectivity index (χ0n) is 17.0. The largest absolute Gasteiger partial charge is 0.452 e. The maximum absolute atomic E-state index is 12.1. The van der Waals surface area contributed by atoms with Crippen molar-refractivity contribution >= 4 is 39.4 Å². The van der Waals surface area contributed by atoms with Gasteiger partial charge in [-0.05, 0) is 42.5 Å². The first-order chi connectivity index (χ1) is 15.1. The molecule has 3 rings (SSSR count). The fraction of sp³-hybridized carbons (Fsp3) is 0.143. The average Bonchev–Trinajstić information content (AvgIpc) is 3.00. The number of anilines is 1. The van der Waals surface area contributed by atoms with Crippen LogP contribution < -0.4 is 10.0 Å². The first-order valence-corrected chi connectivity index (χ1v) is 10.8. The van der Waals surface area contributed by atoms with Crippen LogP contribution in [-0.4, -0.2) is 57.2 Å². The number of esters is 1. The molecule has 3 amide bonds. The molecule has 0 radical (unpaired) electrons.